The standard InChI is InChI=1S/C13H22N2O3/c1-5-15-11(10(17-4)8-14-15)13(16)6-7-18-12(2,3)9-13/h8,16H,5-7,9H2,1-4H3. The largest absolute Gasteiger partial charge is 0.493 e. The molecule has 0 spiro atoms. The quantitative estimate of drug-likeness (QED) is 0.891. The third-order valence-corrected chi connectivity index (χ3v) is 3.49. The number of hydrogen-bond donors (Lipinski definition) is 1. The van der Waals surface area contributed by atoms with E-state index in [0.29, 0.717) is 31.7 Å². The first-order chi connectivity index (χ1) is 8.42. The van der Waals surface area contributed by atoms with Crippen LogP contribution in [-0.4, -0.2) is 34.2 Å². The Morgan fingerprint density at radius 2 is 2.28 bits per heavy atom. The molecule has 5 heteroatoms. The van der Waals surface area contributed by atoms with Crippen molar-refractivity contribution in [3.8, 4) is 5.75 Å². The summed E-state index contributed by atoms with van der Waals surface area (Å²) in [5.74, 6) is 0.650. The number of nitrogens with zero attached hydrogens (tertiary/aromatic N) is 2. The van der Waals surface area contributed by atoms with Gasteiger partial charge in [0.2, 0.25) is 0 Å². The Morgan fingerprint density at radius 3 is 2.83 bits per heavy atom. The van der Waals surface area contributed by atoms with Crippen molar-refractivity contribution in [2.24, 2.45) is 0 Å². The van der Waals surface area contributed by atoms with Crippen LogP contribution >= 0.6 is 0 Å². The fourth-order valence-corrected chi connectivity index (χ4v) is 2.77. The Balaban J connectivity index is 2.42. The van der Waals surface area contributed by atoms with Gasteiger partial charge in [0, 0.05) is 19.4 Å². The number of aromatic nitrogens is 2. The summed E-state index contributed by atoms with van der Waals surface area (Å²) in [5.41, 5.74) is -0.496. The highest BCUT2D eigenvalue weighted by Crippen LogP contribution is 2.42. The van der Waals surface area contributed by atoms with Crippen molar-refractivity contribution in [3.05, 3.63) is 11.9 Å². The molecule has 1 N–H and O–H groups in total. The van der Waals surface area contributed by atoms with Gasteiger partial charge < -0.3 is 14.6 Å². The fraction of sp³-hybridized carbons (Fsp3) is 0.769. The second-order valence-electron chi connectivity index (χ2n) is 5.44. The van der Waals surface area contributed by atoms with Gasteiger partial charge in [0.25, 0.3) is 0 Å². The molecule has 1 unspecified atom stereocenters. The van der Waals surface area contributed by atoms with E-state index in [2.05, 4.69) is 5.10 Å². The van der Waals surface area contributed by atoms with Crippen LogP contribution in [0.4, 0.5) is 0 Å². The molecule has 5 nitrogen and oxygen atoms in total. The lowest BCUT2D eigenvalue weighted by Gasteiger charge is -2.41. The molecule has 0 radical (unpaired) electrons. The maximum atomic E-state index is 11.0. The van der Waals surface area contributed by atoms with Crippen molar-refractivity contribution in [2.75, 3.05) is 13.7 Å². The molecule has 1 atom stereocenters. The lowest BCUT2D eigenvalue weighted by molar-refractivity contribution is -0.151. The molecule has 2 heterocycles. The average molecular weight is 254 g/mol. The second-order valence-corrected chi connectivity index (χ2v) is 5.44. The highest BCUT2D eigenvalue weighted by molar-refractivity contribution is 5.31. The fourth-order valence-electron chi connectivity index (χ4n) is 2.77. The van der Waals surface area contributed by atoms with Crippen LogP contribution in [0.3, 0.4) is 0 Å². The Morgan fingerprint density at radius 1 is 1.56 bits per heavy atom. The zero-order valence-electron chi connectivity index (χ0n) is 11.6. The summed E-state index contributed by atoms with van der Waals surface area (Å²) in [6.45, 7) is 7.25. The zero-order valence-corrected chi connectivity index (χ0v) is 11.6. The van der Waals surface area contributed by atoms with Gasteiger partial charge in [-0.25, -0.2) is 0 Å². The number of ether oxygens (including phenoxy) is 2. The SMILES string of the molecule is CCn1ncc(OC)c1C1(O)CCOC(C)(C)C1. The monoisotopic (exact) mass is 254 g/mol. The van der Waals surface area contributed by atoms with E-state index in [0.717, 1.165) is 5.69 Å². The number of rotatable bonds is 3. The molecule has 1 aromatic rings. The van der Waals surface area contributed by atoms with Crippen LogP contribution in [0.25, 0.3) is 0 Å². The van der Waals surface area contributed by atoms with Crippen LogP contribution in [0.15, 0.2) is 6.20 Å². The summed E-state index contributed by atoms with van der Waals surface area (Å²) in [6.07, 6.45) is 2.78. The van der Waals surface area contributed by atoms with Crippen LogP contribution in [0, 0.1) is 0 Å². The number of hydrogen-bond acceptors (Lipinski definition) is 4. The van der Waals surface area contributed by atoms with E-state index in [1.165, 1.54) is 0 Å². The number of aryl methyl sites for hydroxylation is 1. The van der Waals surface area contributed by atoms with E-state index in [9.17, 15) is 5.11 Å². The first kappa shape index (κ1) is 13.4. The second kappa shape index (κ2) is 4.55. The summed E-state index contributed by atoms with van der Waals surface area (Å²) in [7, 11) is 1.61. The molecular weight excluding hydrogens is 232 g/mol. The van der Waals surface area contributed by atoms with Crippen LogP contribution in [0.2, 0.25) is 0 Å². The highest BCUT2D eigenvalue weighted by Gasteiger charge is 2.44. The molecule has 102 valence electrons. The molecular formula is C13H22N2O3. The van der Waals surface area contributed by atoms with Gasteiger partial charge in [0.1, 0.15) is 11.3 Å². The van der Waals surface area contributed by atoms with E-state index in [-0.39, 0.29) is 5.60 Å². The van der Waals surface area contributed by atoms with Crippen molar-refractivity contribution >= 4 is 0 Å². The van der Waals surface area contributed by atoms with Gasteiger partial charge in [-0.2, -0.15) is 5.10 Å². The lowest BCUT2D eigenvalue weighted by atomic mass is 9.81. The molecule has 0 aliphatic carbocycles. The van der Waals surface area contributed by atoms with E-state index in [1.807, 2.05) is 20.8 Å². The summed E-state index contributed by atoms with van der Waals surface area (Å²) in [4.78, 5) is 0. The van der Waals surface area contributed by atoms with Crippen molar-refractivity contribution in [3.63, 3.8) is 0 Å². The molecule has 1 saturated heterocycles. The topological polar surface area (TPSA) is 56.5 Å². The van der Waals surface area contributed by atoms with Crippen molar-refractivity contribution < 1.29 is 14.6 Å². The minimum absolute atomic E-state index is 0.332. The maximum absolute atomic E-state index is 11.0. The third-order valence-electron chi connectivity index (χ3n) is 3.49. The average Bonchev–Trinajstić information content (AvgIpc) is 2.70. The molecule has 0 bridgehead atoms. The molecule has 18 heavy (non-hydrogen) atoms. The first-order valence-corrected chi connectivity index (χ1v) is 6.38. The molecule has 1 aliphatic heterocycles. The molecule has 0 aromatic carbocycles. The van der Waals surface area contributed by atoms with E-state index >= 15 is 0 Å². The molecule has 0 saturated carbocycles. The Hall–Kier alpha value is -1.07. The normalized spacial score (nSPS) is 27.2. The lowest BCUT2D eigenvalue weighted by Crippen LogP contribution is -2.45. The van der Waals surface area contributed by atoms with E-state index in [4.69, 9.17) is 9.47 Å². The first-order valence-electron chi connectivity index (χ1n) is 6.38. The summed E-state index contributed by atoms with van der Waals surface area (Å²) < 4.78 is 12.8. The Bertz CT molecular complexity index is 406. The van der Waals surface area contributed by atoms with Crippen molar-refractivity contribution in [1.82, 2.24) is 9.78 Å². The summed E-state index contributed by atoms with van der Waals surface area (Å²) >= 11 is 0. The maximum Gasteiger partial charge on any atom is 0.162 e. The Labute approximate surface area is 108 Å². The number of methoxy groups -OCH3 is 1. The van der Waals surface area contributed by atoms with Gasteiger partial charge in [-0.1, -0.05) is 0 Å². The van der Waals surface area contributed by atoms with Gasteiger partial charge in [-0.05, 0) is 20.8 Å². The van der Waals surface area contributed by atoms with Gasteiger partial charge >= 0.3 is 0 Å². The van der Waals surface area contributed by atoms with E-state index < -0.39 is 5.60 Å². The smallest absolute Gasteiger partial charge is 0.162 e. The predicted octanol–water partition coefficient (Wildman–Crippen LogP) is 1.69. The van der Waals surface area contributed by atoms with Crippen LogP contribution in [0.5, 0.6) is 5.75 Å². The Kier molecular flexibility index (Phi) is 3.38. The van der Waals surface area contributed by atoms with Gasteiger partial charge in [0.05, 0.1) is 25.5 Å². The molecule has 1 fully saturated rings. The van der Waals surface area contributed by atoms with Crippen LogP contribution in [0.1, 0.15) is 39.3 Å². The zero-order chi connectivity index (χ0) is 13.4. The van der Waals surface area contributed by atoms with Crippen molar-refractivity contribution in [1.29, 1.82) is 0 Å². The van der Waals surface area contributed by atoms with Crippen molar-refractivity contribution in [2.45, 2.75) is 51.4 Å². The predicted molar refractivity (Wildman–Crippen MR) is 67.6 cm³/mol. The molecule has 1 aliphatic rings. The van der Waals surface area contributed by atoms with E-state index in [1.54, 1.807) is 18.0 Å². The summed E-state index contributed by atoms with van der Waals surface area (Å²) in [6, 6.07) is 0. The van der Waals surface area contributed by atoms with Gasteiger partial charge in [-0.3, -0.25) is 4.68 Å². The molecule has 2 rings (SSSR count). The number of aliphatic hydroxyl groups is 1. The highest BCUT2D eigenvalue weighted by atomic mass is 16.5. The molecule has 0 amide bonds. The van der Waals surface area contributed by atoms with Crippen LogP contribution in [-0.2, 0) is 16.9 Å². The van der Waals surface area contributed by atoms with Crippen LogP contribution < -0.4 is 4.74 Å². The minimum Gasteiger partial charge on any atom is -0.493 e. The van der Waals surface area contributed by atoms with Gasteiger partial charge in [-0.15, -0.1) is 0 Å². The minimum atomic E-state index is -0.931. The summed E-state index contributed by atoms with van der Waals surface area (Å²) in [5, 5.41) is 15.2. The van der Waals surface area contributed by atoms with Gasteiger partial charge in [0.15, 0.2) is 5.75 Å². The molecule has 1 aromatic heterocycles. The third kappa shape index (κ3) is 2.24.